The minimum atomic E-state index is -0.101. The monoisotopic (exact) mass is 366 g/mol. The molecule has 0 spiro atoms. The quantitative estimate of drug-likeness (QED) is 0.817. The summed E-state index contributed by atoms with van der Waals surface area (Å²) >= 11 is 9.48. The standard InChI is InChI=1S/C16H16BrClN2O/c1-10-8-12(6-7-13(10)17)20-16(21)9-19-15-5-3-4-14(18)11(15)2/h3-8,19H,9H2,1-2H3,(H,20,21). The van der Waals surface area contributed by atoms with Crippen molar-refractivity contribution in [3.8, 4) is 0 Å². The number of carbonyl (C=O) groups is 1. The van der Waals surface area contributed by atoms with Crippen molar-refractivity contribution in [1.29, 1.82) is 0 Å². The number of carbonyl (C=O) groups excluding carboxylic acids is 1. The molecule has 0 bridgehead atoms. The first-order valence-corrected chi connectivity index (χ1v) is 7.69. The van der Waals surface area contributed by atoms with Crippen LogP contribution in [0.2, 0.25) is 5.02 Å². The maximum Gasteiger partial charge on any atom is 0.243 e. The molecule has 2 aromatic carbocycles. The van der Waals surface area contributed by atoms with Crippen molar-refractivity contribution in [1.82, 2.24) is 0 Å². The van der Waals surface area contributed by atoms with Gasteiger partial charge in [-0.3, -0.25) is 4.79 Å². The maximum atomic E-state index is 12.0. The lowest BCUT2D eigenvalue weighted by Gasteiger charge is -2.11. The Morgan fingerprint density at radius 1 is 1.24 bits per heavy atom. The molecule has 0 heterocycles. The second-order valence-electron chi connectivity index (χ2n) is 4.78. The Morgan fingerprint density at radius 3 is 2.71 bits per heavy atom. The topological polar surface area (TPSA) is 41.1 Å². The van der Waals surface area contributed by atoms with Gasteiger partial charge in [0.1, 0.15) is 0 Å². The summed E-state index contributed by atoms with van der Waals surface area (Å²) in [4.78, 5) is 12.0. The highest BCUT2D eigenvalue weighted by Gasteiger charge is 2.06. The molecule has 3 nitrogen and oxygen atoms in total. The molecule has 2 aromatic rings. The molecule has 5 heteroatoms. The number of hydrogen-bond donors (Lipinski definition) is 2. The van der Waals surface area contributed by atoms with E-state index >= 15 is 0 Å². The van der Waals surface area contributed by atoms with Crippen LogP contribution < -0.4 is 10.6 Å². The van der Waals surface area contributed by atoms with E-state index in [9.17, 15) is 4.79 Å². The first-order chi connectivity index (χ1) is 9.97. The normalized spacial score (nSPS) is 10.3. The summed E-state index contributed by atoms with van der Waals surface area (Å²) in [5.74, 6) is -0.101. The van der Waals surface area contributed by atoms with E-state index in [1.54, 1.807) is 0 Å². The molecule has 0 saturated carbocycles. The van der Waals surface area contributed by atoms with Gasteiger partial charge in [0.15, 0.2) is 0 Å². The molecule has 2 rings (SSSR count). The molecule has 0 fully saturated rings. The summed E-state index contributed by atoms with van der Waals surface area (Å²) in [5, 5.41) is 6.64. The van der Waals surface area contributed by atoms with E-state index < -0.39 is 0 Å². The number of aryl methyl sites for hydroxylation is 1. The van der Waals surface area contributed by atoms with E-state index in [1.807, 2.05) is 50.2 Å². The number of hydrogen-bond acceptors (Lipinski definition) is 2. The predicted molar refractivity (Wildman–Crippen MR) is 92.2 cm³/mol. The molecule has 0 unspecified atom stereocenters. The van der Waals surface area contributed by atoms with Crippen molar-refractivity contribution >= 4 is 44.8 Å². The Hall–Kier alpha value is -1.52. The zero-order valence-corrected chi connectivity index (χ0v) is 14.2. The summed E-state index contributed by atoms with van der Waals surface area (Å²) in [6, 6.07) is 11.3. The zero-order chi connectivity index (χ0) is 15.4. The van der Waals surface area contributed by atoms with Gasteiger partial charge in [-0.2, -0.15) is 0 Å². The number of benzene rings is 2. The summed E-state index contributed by atoms with van der Waals surface area (Å²) in [6.07, 6.45) is 0. The number of nitrogens with one attached hydrogen (secondary N) is 2. The molecule has 0 atom stereocenters. The smallest absolute Gasteiger partial charge is 0.243 e. The molecular formula is C16H16BrClN2O. The number of anilines is 2. The van der Waals surface area contributed by atoms with E-state index in [0.717, 1.165) is 27.0 Å². The summed E-state index contributed by atoms with van der Waals surface area (Å²) < 4.78 is 1.02. The summed E-state index contributed by atoms with van der Waals surface area (Å²) in [6.45, 7) is 4.09. The molecule has 2 N–H and O–H groups in total. The van der Waals surface area contributed by atoms with Crippen LogP contribution in [0.4, 0.5) is 11.4 Å². The first-order valence-electron chi connectivity index (χ1n) is 6.52. The van der Waals surface area contributed by atoms with E-state index in [4.69, 9.17) is 11.6 Å². The molecule has 0 aliphatic rings. The van der Waals surface area contributed by atoms with Crippen molar-refractivity contribution in [2.75, 3.05) is 17.2 Å². The molecule has 21 heavy (non-hydrogen) atoms. The largest absolute Gasteiger partial charge is 0.376 e. The minimum Gasteiger partial charge on any atom is -0.376 e. The predicted octanol–water partition coefficient (Wildman–Crippen LogP) is 4.77. The van der Waals surface area contributed by atoms with Gasteiger partial charge in [-0.25, -0.2) is 0 Å². The lowest BCUT2D eigenvalue weighted by atomic mass is 10.2. The Balaban J connectivity index is 1.96. The van der Waals surface area contributed by atoms with Gasteiger partial charge in [-0.05, 0) is 55.3 Å². The van der Waals surface area contributed by atoms with Crippen molar-refractivity contribution in [3.63, 3.8) is 0 Å². The van der Waals surface area contributed by atoms with Crippen LogP contribution in [0.15, 0.2) is 40.9 Å². The van der Waals surface area contributed by atoms with E-state index in [1.165, 1.54) is 0 Å². The van der Waals surface area contributed by atoms with Gasteiger partial charge < -0.3 is 10.6 Å². The Labute approximate surface area is 137 Å². The van der Waals surface area contributed by atoms with Crippen molar-refractivity contribution < 1.29 is 4.79 Å². The third-order valence-electron chi connectivity index (χ3n) is 3.15. The van der Waals surface area contributed by atoms with Crippen LogP contribution in [0.25, 0.3) is 0 Å². The van der Waals surface area contributed by atoms with Gasteiger partial charge in [0.2, 0.25) is 5.91 Å². The Bertz CT molecular complexity index is 673. The average Bonchev–Trinajstić information content (AvgIpc) is 2.44. The molecular weight excluding hydrogens is 352 g/mol. The van der Waals surface area contributed by atoms with E-state index in [0.29, 0.717) is 5.02 Å². The fourth-order valence-corrected chi connectivity index (χ4v) is 2.32. The number of halogens is 2. The van der Waals surface area contributed by atoms with Crippen LogP contribution in [-0.2, 0) is 4.79 Å². The third-order valence-corrected chi connectivity index (χ3v) is 4.45. The Morgan fingerprint density at radius 2 is 2.00 bits per heavy atom. The summed E-state index contributed by atoms with van der Waals surface area (Å²) in [7, 11) is 0. The van der Waals surface area contributed by atoms with Crippen LogP contribution >= 0.6 is 27.5 Å². The zero-order valence-electron chi connectivity index (χ0n) is 11.8. The third kappa shape index (κ3) is 4.22. The highest BCUT2D eigenvalue weighted by molar-refractivity contribution is 9.10. The molecule has 0 aliphatic carbocycles. The van der Waals surface area contributed by atoms with E-state index in [2.05, 4.69) is 26.6 Å². The molecule has 0 saturated heterocycles. The fourth-order valence-electron chi connectivity index (χ4n) is 1.90. The number of rotatable bonds is 4. The second-order valence-corrected chi connectivity index (χ2v) is 6.04. The highest BCUT2D eigenvalue weighted by atomic mass is 79.9. The lowest BCUT2D eigenvalue weighted by molar-refractivity contribution is -0.114. The van der Waals surface area contributed by atoms with Crippen LogP contribution in [0.5, 0.6) is 0 Å². The highest BCUT2D eigenvalue weighted by Crippen LogP contribution is 2.23. The average molecular weight is 368 g/mol. The second kappa shape index (κ2) is 6.96. The molecule has 0 aromatic heterocycles. The van der Waals surface area contributed by atoms with Gasteiger partial charge >= 0.3 is 0 Å². The first kappa shape index (κ1) is 15.9. The lowest BCUT2D eigenvalue weighted by Crippen LogP contribution is -2.22. The minimum absolute atomic E-state index is 0.101. The van der Waals surface area contributed by atoms with Gasteiger partial charge in [0.05, 0.1) is 6.54 Å². The fraction of sp³-hybridized carbons (Fsp3) is 0.188. The van der Waals surface area contributed by atoms with Crippen LogP contribution in [0.3, 0.4) is 0 Å². The van der Waals surface area contributed by atoms with Gasteiger partial charge in [-0.15, -0.1) is 0 Å². The molecule has 110 valence electrons. The molecule has 1 amide bonds. The number of amides is 1. The molecule has 0 aliphatic heterocycles. The summed E-state index contributed by atoms with van der Waals surface area (Å²) in [5.41, 5.74) is 3.66. The van der Waals surface area contributed by atoms with Crippen LogP contribution in [0.1, 0.15) is 11.1 Å². The van der Waals surface area contributed by atoms with Gasteiger partial charge in [0.25, 0.3) is 0 Å². The van der Waals surface area contributed by atoms with Gasteiger partial charge in [-0.1, -0.05) is 33.6 Å². The van der Waals surface area contributed by atoms with Gasteiger partial charge in [0, 0.05) is 20.9 Å². The van der Waals surface area contributed by atoms with Crippen LogP contribution in [0, 0.1) is 13.8 Å². The maximum absolute atomic E-state index is 12.0. The Kier molecular flexibility index (Phi) is 5.26. The van der Waals surface area contributed by atoms with E-state index in [-0.39, 0.29) is 12.5 Å². The van der Waals surface area contributed by atoms with Crippen molar-refractivity contribution in [2.24, 2.45) is 0 Å². The van der Waals surface area contributed by atoms with Crippen LogP contribution in [-0.4, -0.2) is 12.5 Å². The SMILES string of the molecule is Cc1cc(NC(=O)CNc2cccc(Cl)c2C)ccc1Br. The van der Waals surface area contributed by atoms with Crippen molar-refractivity contribution in [2.45, 2.75) is 13.8 Å². The van der Waals surface area contributed by atoms with Crippen molar-refractivity contribution in [3.05, 3.63) is 57.0 Å². The molecule has 0 radical (unpaired) electrons.